The number of aryl methyl sites for hydroxylation is 2. The molecule has 3 nitrogen and oxygen atoms in total. The molecular formula is C10H10O3. The topological polar surface area (TPSA) is 50.4 Å². The summed E-state index contributed by atoms with van der Waals surface area (Å²) in [7, 11) is 0. The van der Waals surface area contributed by atoms with E-state index in [1.54, 1.807) is 13.0 Å². The van der Waals surface area contributed by atoms with Crippen molar-refractivity contribution in [3.8, 4) is 0 Å². The van der Waals surface area contributed by atoms with Gasteiger partial charge in [0, 0.05) is 12.0 Å². The van der Waals surface area contributed by atoms with E-state index in [-0.39, 0.29) is 11.2 Å². The second kappa shape index (κ2) is 2.76. The third-order valence-corrected chi connectivity index (χ3v) is 2.21. The maximum Gasteiger partial charge on any atom is 0.198 e. The van der Waals surface area contributed by atoms with E-state index < -0.39 is 0 Å². The van der Waals surface area contributed by atoms with Crippen molar-refractivity contribution < 1.29 is 9.52 Å². The Bertz CT molecular complexity index is 426. The second-order valence-electron chi connectivity index (χ2n) is 3.17. The van der Waals surface area contributed by atoms with Gasteiger partial charge in [0.15, 0.2) is 5.43 Å². The molecule has 13 heavy (non-hydrogen) atoms. The minimum absolute atomic E-state index is 0.0544. The first kappa shape index (κ1) is 8.10. The lowest BCUT2D eigenvalue weighted by Crippen LogP contribution is -2.16. The molecule has 0 fully saturated rings. The third kappa shape index (κ3) is 1.16. The van der Waals surface area contributed by atoms with Gasteiger partial charge in [0.25, 0.3) is 0 Å². The van der Waals surface area contributed by atoms with Crippen LogP contribution in [-0.4, -0.2) is 5.11 Å². The van der Waals surface area contributed by atoms with E-state index in [9.17, 15) is 9.90 Å². The Hall–Kier alpha value is -1.51. The summed E-state index contributed by atoms with van der Waals surface area (Å²) >= 11 is 0. The molecule has 0 aliphatic heterocycles. The minimum Gasteiger partial charge on any atom is -0.507 e. The van der Waals surface area contributed by atoms with E-state index in [1.807, 2.05) is 0 Å². The highest BCUT2D eigenvalue weighted by Crippen LogP contribution is 2.21. The molecule has 2 rings (SSSR count). The standard InChI is InChI=1S/C10H10O3/c1-6-5-13-8-4-2-3-7(11)9(8)10(6)12/h3,5,11H,2,4H2,1H3. The van der Waals surface area contributed by atoms with Gasteiger partial charge in [-0.15, -0.1) is 0 Å². The Morgan fingerprint density at radius 3 is 3.08 bits per heavy atom. The van der Waals surface area contributed by atoms with Gasteiger partial charge in [0.1, 0.15) is 17.1 Å². The highest BCUT2D eigenvalue weighted by atomic mass is 16.3. The normalized spacial score (nSPS) is 15.0. The van der Waals surface area contributed by atoms with E-state index >= 15 is 0 Å². The van der Waals surface area contributed by atoms with Gasteiger partial charge in [-0.05, 0) is 19.4 Å². The Balaban J connectivity index is 2.76. The van der Waals surface area contributed by atoms with Gasteiger partial charge in [-0.25, -0.2) is 0 Å². The maximum atomic E-state index is 11.6. The highest BCUT2D eigenvalue weighted by molar-refractivity contribution is 5.62. The molecule has 1 aliphatic rings. The summed E-state index contributed by atoms with van der Waals surface area (Å²) < 4.78 is 5.23. The van der Waals surface area contributed by atoms with Crippen LogP contribution in [0.2, 0.25) is 0 Å². The fraction of sp³-hybridized carbons (Fsp3) is 0.300. The second-order valence-corrected chi connectivity index (χ2v) is 3.17. The SMILES string of the molecule is Cc1coc2c(c1=O)C(O)=CCC2. The fourth-order valence-electron chi connectivity index (χ4n) is 1.48. The summed E-state index contributed by atoms with van der Waals surface area (Å²) in [5, 5.41) is 9.47. The number of fused-ring (bicyclic) bond motifs is 1. The zero-order chi connectivity index (χ0) is 9.42. The van der Waals surface area contributed by atoms with Crippen molar-refractivity contribution in [3.05, 3.63) is 39.4 Å². The van der Waals surface area contributed by atoms with Crippen molar-refractivity contribution in [2.24, 2.45) is 0 Å². The third-order valence-electron chi connectivity index (χ3n) is 2.21. The van der Waals surface area contributed by atoms with Gasteiger partial charge in [0.05, 0.1) is 6.26 Å². The predicted octanol–water partition coefficient (Wildman–Crippen LogP) is 1.79. The van der Waals surface area contributed by atoms with Crippen molar-refractivity contribution in [1.82, 2.24) is 0 Å². The van der Waals surface area contributed by atoms with Crippen LogP contribution >= 0.6 is 0 Å². The van der Waals surface area contributed by atoms with Crippen molar-refractivity contribution in [2.75, 3.05) is 0 Å². The van der Waals surface area contributed by atoms with Crippen LogP contribution in [0.25, 0.3) is 5.76 Å². The summed E-state index contributed by atoms with van der Waals surface area (Å²) in [5.41, 5.74) is 0.738. The van der Waals surface area contributed by atoms with Crippen molar-refractivity contribution in [2.45, 2.75) is 19.8 Å². The summed E-state index contributed by atoms with van der Waals surface area (Å²) in [6.45, 7) is 1.67. The van der Waals surface area contributed by atoms with Gasteiger partial charge < -0.3 is 9.52 Å². The van der Waals surface area contributed by atoms with Gasteiger partial charge in [-0.2, -0.15) is 0 Å². The van der Waals surface area contributed by atoms with Crippen molar-refractivity contribution in [1.29, 1.82) is 0 Å². The Morgan fingerprint density at radius 1 is 1.54 bits per heavy atom. The van der Waals surface area contributed by atoms with Crippen LogP contribution in [-0.2, 0) is 6.42 Å². The lowest BCUT2D eigenvalue weighted by atomic mass is 10.0. The number of allylic oxidation sites excluding steroid dienone is 1. The average Bonchev–Trinajstić information content (AvgIpc) is 2.12. The molecule has 1 N–H and O–H groups in total. The van der Waals surface area contributed by atoms with Gasteiger partial charge in [0.2, 0.25) is 0 Å². The largest absolute Gasteiger partial charge is 0.507 e. The van der Waals surface area contributed by atoms with Crippen molar-refractivity contribution in [3.63, 3.8) is 0 Å². The minimum atomic E-state index is -0.130. The van der Waals surface area contributed by atoms with E-state index in [0.717, 1.165) is 6.42 Å². The van der Waals surface area contributed by atoms with E-state index in [4.69, 9.17) is 4.42 Å². The first-order valence-electron chi connectivity index (χ1n) is 4.21. The lowest BCUT2D eigenvalue weighted by Gasteiger charge is -2.11. The zero-order valence-electron chi connectivity index (χ0n) is 7.33. The van der Waals surface area contributed by atoms with Crippen LogP contribution in [0.5, 0.6) is 0 Å². The monoisotopic (exact) mass is 178 g/mol. The molecule has 1 aromatic rings. The first-order valence-corrected chi connectivity index (χ1v) is 4.21. The van der Waals surface area contributed by atoms with E-state index in [0.29, 0.717) is 23.3 Å². The number of hydrogen-bond donors (Lipinski definition) is 1. The van der Waals surface area contributed by atoms with Gasteiger partial charge in [-0.1, -0.05) is 0 Å². The van der Waals surface area contributed by atoms with Crippen LogP contribution in [0.1, 0.15) is 23.3 Å². The molecule has 0 atom stereocenters. The molecule has 0 saturated heterocycles. The molecule has 68 valence electrons. The molecule has 1 aliphatic carbocycles. The molecule has 0 unspecified atom stereocenters. The number of rotatable bonds is 0. The molecule has 1 heterocycles. The summed E-state index contributed by atoms with van der Waals surface area (Å²) in [4.78, 5) is 11.6. The molecule has 0 spiro atoms. The maximum absolute atomic E-state index is 11.6. The Morgan fingerprint density at radius 2 is 2.31 bits per heavy atom. The molecule has 3 heteroatoms. The Labute approximate surface area is 75.3 Å². The first-order chi connectivity index (χ1) is 6.20. The summed E-state index contributed by atoms with van der Waals surface area (Å²) in [6.07, 6.45) is 4.51. The lowest BCUT2D eigenvalue weighted by molar-refractivity contribution is 0.454. The molecule has 0 bridgehead atoms. The van der Waals surface area contributed by atoms with Crippen LogP contribution < -0.4 is 5.43 Å². The van der Waals surface area contributed by atoms with Crippen LogP contribution in [0, 0.1) is 6.92 Å². The highest BCUT2D eigenvalue weighted by Gasteiger charge is 2.18. The smallest absolute Gasteiger partial charge is 0.198 e. The molecule has 1 aromatic heterocycles. The van der Waals surface area contributed by atoms with E-state index in [2.05, 4.69) is 0 Å². The molecular weight excluding hydrogens is 168 g/mol. The van der Waals surface area contributed by atoms with Crippen LogP contribution in [0.15, 0.2) is 21.6 Å². The number of hydrogen-bond acceptors (Lipinski definition) is 3. The molecule has 0 aromatic carbocycles. The predicted molar refractivity (Wildman–Crippen MR) is 48.6 cm³/mol. The van der Waals surface area contributed by atoms with Gasteiger partial charge in [-0.3, -0.25) is 4.79 Å². The van der Waals surface area contributed by atoms with Crippen molar-refractivity contribution >= 4 is 5.76 Å². The number of aliphatic hydroxyl groups excluding tert-OH is 1. The van der Waals surface area contributed by atoms with E-state index in [1.165, 1.54) is 6.26 Å². The van der Waals surface area contributed by atoms with Crippen LogP contribution in [0.3, 0.4) is 0 Å². The van der Waals surface area contributed by atoms with Gasteiger partial charge >= 0.3 is 0 Å². The quantitative estimate of drug-likeness (QED) is 0.658. The summed E-state index contributed by atoms with van der Waals surface area (Å²) in [5.74, 6) is 0.648. The molecule has 0 saturated carbocycles. The number of aliphatic hydroxyl groups is 1. The molecule has 0 radical (unpaired) electrons. The fourth-order valence-corrected chi connectivity index (χ4v) is 1.48. The zero-order valence-corrected chi connectivity index (χ0v) is 7.33. The van der Waals surface area contributed by atoms with Crippen LogP contribution in [0.4, 0.5) is 0 Å². The Kier molecular flexibility index (Phi) is 1.72. The summed E-state index contributed by atoms with van der Waals surface area (Å²) in [6, 6.07) is 0. The average molecular weight is 178 g/mol. The molecule has 0 amide bonds.